The van der Waals surface area contributed by atoms with Gasteiger partial charge in [0.1, 0.15) is 5.75 Å². The van der Waals surface area contributed by atoms with E-state index in [0.29, 0.717) is 17.6 Å². The van der Waals surface area contributed by atoms with Crippen LogP contribution in [0.3, 0.4) is 0 Å². The van der Waals surface area contributed by atoms with Gasteiger partial charge in [0.05, 0.1) is 0 Å². The molecule has 0 bridgehead atoms. The van der Waals surface area contributed by atoms with Gasteiger partial charge < -0.3 is 10.5 Å². The first-order chi connectivity index (χ1) is 13.1. The largest absolute Gasteiger partial charge is 0.450 e. The van der Waals surface area contributed by atoms with Crippen molar-refractivity contribution in [2.75, 3.05) is 0 Å². The standard InChI is InChI=1S/C19H26O4S.C2H5NO/c1-4-19(23-24(20)21,22-17-8-6-5-7-9-17)15-12-16-10-13-18(2,3)14-11-16;1-2(3)4/h5-9,16H,4,10-11,13-14H2,1-3H3,(H,20,21);1H3,(H2,3,4). The number of primary amides is 1. The normalized spacial score (nSPS) is 19.0. The SMILES string of the molecule is CC(N)=O.CCC(C#CC1CCC(C)(C)CC1)(Oc1ccccc1)OS(=O)O. The van der Waals surface area contributed by atoms with E-state index in [4.69, 9.17) is 8.92 Å². The summed E-state index contributed by atoms with van der Waals surface area (Å²) in [5.74, 6) is 5.34. The zero-order valence-electron chi connectivity index (χ0n) is 17.1. The van der Waals surface area contributed by atoms with Crippen molar-refractivity contribution in [3.8, 4) is 17.6 Å². The second kappa shape index (κ2) is 11.2. The minimum absolute atomic E-state index is 0.277. The van der Waals surface area contributed by atoms with Crippen molar-refractivity contribution in [2.24, 2.45) is 17.1 Å². The number of carbonyl (C=O) groups excluding carboxylic acids is 1. The number of carbonyl (C=O) groups is 1. The molecular formula is C21H31NO5S. The maximum absolute atomic E-state index is 11.2. The van der Waals surface area contributed by atoms with Crippen molar-refractivity contribution in [2.45, 2.75) is 65.6 Å². The van der Waals surface area contributed by atoms with Crippen LogP contribution in [0, 0.1) is 23.2 Å². The van der Waals surface area contributed by atoms with Crippen molar-refractivity contribution in [1.29, 1.82) is 0 Å². The molecule has 28 heavy (non-hydrogen) atoms. The van der Waals surface area contributed by atoms with Crippen LogP contribution in [0.1, 0.15) is 59.8 Å². The summed E-state index contributed by atoms with van der Waals surface area (Å²) in [6.45, 7) is 7.70. The molecule has 2 atom stereocenters. The Balaban J connectivity index is 0.000000892. The van der Waals surface area contributed by atoms with E-state index in [1.807, 2.05) is 25.1 Å². The van der Waals surface area contributed by atoms with Crippen LogP contribution in [-0.2, 0) is 20.3 Å². The number of para-hydroxylation sites is 1. The zero-order chi connectivity index (χ0) is 21.2. The molecule has 1 saturated carbocycles. The molecule has 3 N–H and O–H groups in total. The fourth-order valence-electron chi connectivity index (χ4n) is 2.83. The second-order valence-electron chi connectivity index (χ2n) is 7.64. The minimum atomic E-state index is -2.45. The molecule has 1 amide bonds. The van der Waals surface area contributed by atoms with Crippen molar-refractivity contribution in [3.05, 3.63) is 30.3 Å². The summed E-state index contributed by atoms with van der Waals surface area (Å²) in [5, 5.41) is 0. The smallest absolute Gasteiger partial charge is 0.306 e. The highest BCUT2D eigenvalue weighted by molar-refractivity contribution is 7.74. The maximum Gasteiger partial charge on any atom is 0.306 e. The molecule has 1 aliphatic carbocycles. The van der Waals surface area contributed by atoms with E-state index >= 15 is 0 Å². The van der Waals surface area contributed by atoms with Crippen LogP contribution in [-0.4, -0.2) is 20.5 Å². The average Bonchev–Trinajstić information content (AvgIpc) is 2.60. The molecule has 0 aromatic heterocycles. The van der Waals surface area contributed by atoms with Gasteiger partial charge in [0.25, 0.3) is 5.79 Å². The van der Waals surface area contributed by atoms with Crippen LogP contribution < -0.4 is 10.5 Å². The molecule has 1 aliphatic rings. The monoisotopic (exact) mass is 409 g/mol. The molecule has 1 aromatic carbocycles. The van der Waals surface area contributed by atoms with Crippen LogP contribution in [0.2, 0.25) is 0 Å². The van der Waals surface area contributed by atoms with Crippen molar-refractivity contribution >= 4 is 17.3 Å². The molecule has 0 aliphatic heterocycles. The van der Waals surface area contributed by atoms with Crippen LogP contribution in [0.25, 0.3) is 0 Å². The summed E-state index contributed by atoms with van der Waals surface area (Å²) >= 11 is -2.45. The summed E-state index contributed by atoms with van der Waals surface area (Å²) in [7, 11) is 0. The first-order valence-electron chi connectivity index (χ1n) is 9.40. The fourth-order valence-corrected chi connectivity index (χ4v) is 3.26. The van der Waals surface area contributed by atoms with Gasteiger partial charge in [0.15, 0.2) is 0 Å². The van der Waals surface area contributed by atoms with E-state index in [9.17, 15) is 13.6 Å². The third-order valence-corrected chi connectivity index (χ3v) is 4.91. The lowest BCUT2D eigenvalue weighted by Crippen LogP contribution is -2.38. The Hall–Kier alpha value is -1.88. The van der Waals surface area contributed by atoms with Crippen LogP contribution in [0.5, 0.6) is 5.75 Å². The van der Waals surface area contributed by atoms with E-state index in [2.05, 4.69) is 31.4 Å². The highest BCUT2D eigenvalue weighted by Crippen LogP contribution is 2.37. The Labute approximate surface area is 170 Å². The quantitative estimate of drug-likeness (QED) is 0.434. The summed E-state index contributed by atoms with van der Waals surface area (Å²) < 4.78 is 31.4. The van der Waals surface area contributed by atoms with Gasteiger partial charge in [-0.15, -0.1) is 0 Å². The molecule has 0 spiro atoms. The molecule has 0 heterocycles. The number of benzene rings is 1. The van der Waals surface area contributed by atoms with Gasteiger partial charge in [-0.05, 0) is 49.2 Å². The number of hydrogen-bond acceptors (Lipinski definition) is 4. The highest BCUT2D eigenvalue weighted by Gasteiger charge is 2.33. The summed E-state index contributed by atoms with van der Waals surface area (Å²) in [5.41, 5.74) is 4.85. The number of ether oxygens (including phenoxy) is 1. The molecular weight excluding hydrogens is 378 g/mol. The fraction of sp³-hybridized carbons (Fsp3) is 0.571. The average molecular weight is 410 g/mol. The van der Waals surface area contributed by atoms with E-state index in [1.54, 1.807) is 12.1 Å². The van der Waals surface area contributed by atoms with Gasteiger partial charge in [-0.2, -0.15) is 4.21 Å². The Bertz CT molecular complexity index is 697. The van der Waals surface area contributed by atoms with Gasteiger partial charge in [-0.25, -0.2) is 4.18 Å². The summed E-state index contributed by atoms with van der Waals surface area (Å²) in [6.07, 6.45) is 4.69. The van der Waals surface area contributed by atoms with Gasteiger partial charge in [0.2, 0.25) is 5.91 Å². The Morgan fingerprint density at radius 3 is 2.32 bits per heavy atom. The molecule has 2 rings (SSSR count). The molecule has 6 nitrogen and oxygen atoms in total. The topological polar surface area (TPSA) is 98.9 Å². The Morgan fingerprint density at radius 1 is 1.32 bits per heavy atom. The first kappa shape index (κ1) is 24.2. The number of rotatable bonds is 5. The van der Waals surface area contributed by atoms with Crippen LogP contribution in [0.15, 0.2) is 30.3 Å². The molecule has 0 saturated heterocycles. The maximum atomic E-state index is 11.2. The summed E-state index contributed by atoms with van der Waals surface area (Å²) in [4.78, 5) is 9.22. The molecule has 156 valence electrons. The number of hydrogen-bond donors (Lipinski definition) is 2. The van der Waals surface area contributed by atoms with Gasteiger partial charge in [0, 0.05) is 19.3 Å². The first-order valence-corrected chi connectivity index (χ1v) is 10.4. The molecule has 1 fully saturated rings. The summed E-state index contributed by atoms with van der Waals surface area (Å²) in [6, 6.07) is 9.10. The highest BCUT2D eigenvalue weighted by atomic mass is 32.2. The van der Waals surface area contributed by atoms with E-state index in [0.717, 1.165) is 25.7 Å². The lowest BCUT2D eigenvalue weighted by Gasteiger charge is -2.32. The molecule has 0 radical (unpaired) electrons. The molecule has 2 unspecified atom stereocenters. The van der Waals surface area contributed by atoms with Crippen molar-refractivity contribution in [1.82, 2.24) is 0 Å². The number of amides is 1. The van der Waals surface area contributed by atoms with E-state index in [-0.39, 0.29) is 11.8 Å². The van der Waals surface area contributed by atoms with Gasteiger partial charge >= 0.3 is 11.4 Å². The van der Waals surface area contributed by atoms with Crippen LogP contribution in [0.4, 0.5) is 0 Å². The Morgan fingerprint density at radius 2 is 1.86 bits per heavy atom. The van der Waals surface area contributed by atoms with E-state index < -0.39 is 17.1 Å². The van der Waals surface area contributed by atoms with Crippen LogP contribution >= 0.6 is 0 Å². The predicted molar refractivity (Wildman–Crippen MR) is 110 cm³/mol. The van der Waals surface area contributed by atoms with Gasteiger partial charge in [-0.3, -0.25) is 9.35 Å². The molecule has 1 aromatic rings. The second-order valence-corrected chi connectivity index (χ2v) is 8.24. The van der Waals surface area contributed by atoms with E-state index in [1.165, 1.54) is 6.92 Å². The Kier molecular flexibility index (Phi) is 9.66. The lowest BCUT2D eigenvalue weighted by atomic mass is 9.73. The van der Waals surface area contributed by atoms with Crippen molar-refractivity contribution < 1.29 is 22.5 Å². The predicted octanol–water partition coefficient (Wildman–Crippen LogP) is 4.04. The van der Waals surface area contributed by atoms with Gasteiger partial charge in [-0.1, -0.05) is 44.9 Å². The minimum Gasteiger partial charge on any atom is -0.450 e. The lowest BCUT2D eigenvalue weighted by molar-refractivity contribution is -0.115. The third kappa shape index (κ3) is 9.36. The number of nitrogens with two attached hydrogens (primary N) is 1. The zero-order valence-corrected chi connectivity index (χ0v) is 17.9. The third-order valence-electron chi connectivity index (χ3n) is 4.50. The van der Waals surface area contributed by atoms with Crippen molar-refractivity contribution in [3.63, 3.8) is 0 Å². The molecule has 7 heteroatoms.